The summed E-state index contributed by atoms with van der Waals surface area (Å²) in [5, 5.41) is 2.91. The Bertz CT molecular complexity index is 429. The molecular formula is C12H17F3N4. The van der Waals surface area contributed by atoms with Crippen molar-refractivity contribution in [3.63, 3.8) is 0 Å². The summed E-state index contributed by atoms with van der Waals surface area (Å²) in [5.74, 6) is 6.14. The fraction of sp³-hybridized carbons (Fsp3) is 0.583. The second kappa shape index (κ2) is 5.64. The molecule has 0 amide bonds. The lowest BCUT2D eigenvalue weighted by atomic mass is 10.2. The van der Waals surface area contributed by atoms with Gasteiger partial charge < -0.3 is 10.7 Å². The Balaban J connectivity index is 1.97. The van der Waals surface area contributed by atoms with Gasteiger partial charge in [0.15, 0.2) is 0 Å². The number of aromatic nitrogens is 1. The third-order valence-electron chi connectivity index (χ3n) is 3.09. The summed E-state index contributed by atoms with van der Waals surface area (Å²) < 4.78 is 38.0. The summed E-state index contributed by atoms with van der Waals surface area (Å²) in [6.45, 7) is 0.620. The van der Waals surface area contributed by atoms with Gasteiger partial charge in [-0.2, -0.15) is 13.2 Å². The minimum atomic E-state index is -4.40. The Morgan fingerprint density at radius 1 is 1.26 bits per heavy atom. The highest BCUT2D eigenvalue weighted by Gasteiger charge is 2.31. The van der Waals surface area contributed by atoms with Gasteiger partial charge in [0.1, 0.15) is 11.6 Å². The van der Waals surface area contributed by atoms with Crippen LogP contribution in [0.5, 0.6) is 0 Å². The van der Waals surface area contributed by atoms with Crippen molar-refractivity contribution in [3.8, 4) is 0 Å². The fourth-order valence-electron chi connectivity index (χ4n) is 1.87. The number of rotatable bonds is 6. The Morgan fingerprint density at radius 2 is 1.95 bits per heavy atom. The summed E-state index contributed by atoms with van der Waals surface area (Å²) in [5.41, 5.74) is 1.38. The van der Waals surface area contributed by atoms with Crippen molar-refractivity contribution < 1.29 is 13.2 Å². The van der Waals surface area contributed by atoms with Crippen LogP contribution in [-0.2, 0) is 6.18 Å². The van der Waals surface area contributed by atoms with Gasteiger partial charge >= 0.3 is 6.18 Å². The van der Waals surface area contributed by atoms with E-state index >= 15 is 0 Å². The number of hydrogen-bond acceptors (Lipinski definition) is 4. The van der Waals surface area contributed by atoms with E-state index in [1.165, 1.54) is 12.8 Å². The number of anilines is 2. The number of nitrogens with two attached hydrogens (primary N) is 1. The van der Waals surface area contributed by atoms with E-state index in [0.717, 1.165) is 30.9 Å². The summed E-state index contributed by atoms with van der Waals surface area (Å²) >= 11 is 0. The average molecular weight is 274 g/mol. The molecular weight excluding hydrogens is 257 g/mol. The van der Waals surface area contributed by atoms with Crippen molar-refractivity contribution in [3.05, 3.63) is 17.7 Å². The lowest BCUT2D eigenvalue weighted by Gasteiger charge is -2.12. The zero-order valence-corrected chi connectivity index (χ0v) is 10.4. The lowest BCUT2D eigenvalue weighted by molar-refractivity contribution is -0.137. The van der Waals surface area contributed by atoms with Gasteiger partial charge in [-0.05, 0) is 30.9 Å². The van der Waals surface area contributed by atoms with E-state index in [0.29, 0.717) is 6.54 Å². The van der Waals surface area contributed by atoms with Crippen LogP contribution in [0.1, 0.15) is 31.2 Å². The molecule has 0 bridgehead atoms. The first kappa shape index (κ1) is 13.9. The molecule has 0 spiro atoms. The molecule has 0 radical (unpaired) electrons. The highest BCUT2D eigenvalue weighted by Crippen LogP contribution is 2.34. The molecule has 7 heteroatoms. The topological polar surface area (TPSA) is 63.0 Å². The zero-order valence-electron chi connectivity index (χ0n) is 10.4. The lowest BCUT2D eigenvalue weighted by Crippen LogP contribution is -2.14. The van der Waals surface area contributed by atoms with Crippen LogP contribution in [0, 0.1) is 5.92 Å². The van der Waals surface area contributed by atoms with Crippen LogP contribution in [-0.4, -0.2) is 11.5 Å². The molecule has 4 nitrogen and oxygen atoms in total. The molecule has 1 heterocycles. The molecule has 0 saturated heterocycles. The Morgan fingerprint density at radius 3 is 2.53 bits per heavy atom. The van der Waals surface area contributed by atoms with E-state index in [-0.39, 0.29) is 11.6 Å². The number of pyridine rings is 1. The maximum Gasteiger partial charge on any atom is 0.416 e. The minimum Gasteiger partial charge on any atom is -0.370 e. The van der Waals surface area contributed by atoms with E-state index in [2.05, 4.69) is 15.7 Å². The number of nitrogens with zero attached hydrogens (tertiary/aromatic N) is 1. The Hall–Kier alpha value is -1.50. The van der Waals surface area contributed by atoms with Crippen LogP contribution in [0.2, 0.25) is 0 Å². The van der Waals surface area contributed by atoms with Gasteiger partial charge in [-0.15, -0.1) is 0 Å². The number of nitrogens with one attached hydrogen (secondary N) is 2. The highest BCUT2D eigenvalue weighted by atomic mass is 19.4. The van der Waals surface area contributed by atoms with Crippen molar-refractivity contribution in [2.24, 2.45) is 11.8 Å². The third kappa shape index (κ3) is 4.27. The Labute approximate surface area is 109 Å². The molecule has 2 rings (SSSR count). The van der Waals surface area contributed by atoms with Gasteiger partial charge in [0.2, 0.25) is 0 Å². The van der Waals surface area contributed by atoms with Crippen LogP contribution in [0.25, 0.3) is 0 Å². The average Bonchev–Trinajstić information content (AvgIpc) is 3.17. The number of hydrazine groups is 1. The van der Waals surface area contributed by atoms with E-state index in [4.69, 9.17) is 5.84 Å². The predicted molar refractivity (Wildman–Crippen MR) is 67.5 cm³/mol. The molecule has 4 N–H and O–H groups in total. The molecule has 1 aliphatic rings. The normalized spacial score (nSPS) is 15.4. The van der Waals surface area contributed by atoms with Gasteiger partial charge in [-0.3, -0.25) is 0 Å². The molecule has 1 aromatic heterocycles. The van der Waals surface area contributed by atoms with Gasteiger partial charge in [0, 0.05) is 6.54 Å². The van der Waals surface area contributed by atoms with Gasteiger partial charge in [-0.25, -0.2) is 10.8 Å². The van der Waals surface area contributed by atoms with Crippen molar-refractivity contribution in [1.29, 1.82) is 0 Å². The molecule has 1 aromatic rings. The molecule has 1 aliphatic carbocycles. The van der Waals surface area contributed by atoms with Crippen molar-refractivity contribution >= 4 is 11.6 Å². The van der Waals surface area contributed by atoms with Gasteiger partial charge in [0.25, 0.3) is 0 Å². The molecule has 0 aliphatic heterocycles. The summed E-state index contributed by atoms with van der Waals surface area (Å²) in [7, 11) is 0. The SMILES string of the molecule is NNc1cc(C(F)(F)F)cc(NCCCC2CC2)n1. The maximum atomic E-state index is 12.7. The quantitative estimate of drug-likeness (QED) is 0.424. The molecule has 0 atom stereocenters. The highest BCUT2D eigenvalue weighted by molar-refractivity contribution is 5.49. The van der Waals surface area contributed by atoms with Crippen LogP contribution in [0.4, 0.5) is 24.8 Å². The minimum absolute atomic E-state index is 0.000446. The third-order valence-corrected chi connectivity index (χ3v) is 3.09. The smallest absolute Gasteiger partial charge is 0.370 e. The number of alkyl halides is 3. The molecule has 1 saturated carbocycles. The van der Waals surface area contributed by atoms with Crippen LogP contribution in [0.15, 0.2) is 12.1 Å². The number of hydrogen-bond donors (Lipinski definition) is 3. The van der Waals surface area contributed by atoms with Gasteiger partial charge in [-0.1, -0.05) is 12.8 Å². The van der Waals surface area contributed by atoms with Crippen molar-refractivity contribution in [2.45, 2.75) is 31.9 Å². The second-order valence-electron chi connectivity index (χ2n) is 4.78. The zero-order chi connectivity index (χ0) is 13.9. The van der Waals surface area contributed by atoms with Crippen molar-refractivity contribution in [1.82, 2.24) is 4.98 Å². The van der Waals surface area contributed by atoms with E-state index < -0.39 is 11.7 Å². The van der Waals surface area contributed by atoms with Crippen LogP contribution >= 0.6 is 0 Å². The predicted octanol–water partition coefficient (Wildman–Crippen LogP) is 2.99. The van der Waals surface area contributed by atoms with Crippen molar-refractivity contribution in [2.75, 3.05) is 17.3 Å². The molecule has 106 valence electrons. The first-order chi connectivity index (χ1) is 8.99. The first-order valence-electron chi connectivity index (χ1n) is 6.29. The summed E-state index contributed by atoms with van der Waals surface area (Å²) in [6, 6.07) is 1.88. The summed E-state index contributed by atoms with van der Waals surface area (Å²) in [4.78, 5) is 3.95. The van der Waals surface area contributed by atoms with E-state index in [1.807, 2.05) is 0 Å². The first-order valence-corrected chi connectivity index (χ1v) is 6.29. The van der Waals surface area contributed by atoms with Crippen LogP contribution < -0.4 is 16.6 Å². The van der Waals surface area contributed by atoms with Crippen LogP contribution in [0.3, 0.4) is 0 Å². The molecule has 1 fully saturated rings. The fourth-order valence-corrected chi connectivity index (χ4v) is 1.87. The van der Waals surface area contributed by atoms with E-state index in [1.54, 1.807) is 0 Å². The maximum absolute atomic E-state index is 12.7. The number of nitrogen functional groups attached to an aromatic ring is 1. The van der Waals surface area contributed by atoms with Gasteiger partial charge in [0.05, 0.1) is 5.56 Å². The molecule has 0 unspecified atom stereocenters. The Kier molecular flexibility index (Phi) is 4.14. The molecule has 19 heavy (non-hydrogen) atoms. The summed E-state index contributed by atoms with van der Waals surface area (Å²) in [6.07, 6.45) is 0.215. The number of halogens is 3. The second-order valence-corrected chi connectivity index (χ2v) is 4.78. The molecule has 0 aromatic carbocycles. The van der Waals surface area contributed by atoms with E-state index in [9.17, 15) is 13.2 Å². The largest absolute Gasteiger partial charge is 0.416 e. The standard InChI is InChI=1S/C12H17F3N4/c13-12(14,15)9-6-10(18-11(7-9)19-16)17-5-1-2-8-3-4-8/h6-8H,1-5,16H2,(H2,17,18,19). The monoisotopic (exact) mass is 274 g/mol.